The molecule has 2 heterocycles. The normalized spacial score (nSPS) is 20.5. The number of piperidine rings is 1. The molecule has 0 saturated carbocycles. The molecule has 3 aliphatic rings. The first-order valence-corrected chi connectivity index (χ1v) is 13.7. The van der Waals surface area contributed by atoms with Crippen LogP contribution in [0.3, 0.4) is 0 Å². The van der Waals surface area contributed by atoms with Crippen LogP contribution < -0.4 is 0 Å². The molecular formula is C26H30N2O6S. The molecule has 2 fully saturated rings. The highest BCUT2D eigenvalue weighted by atomic mass is 32.2. The Morgan fingerprint density at radius 2 is 1.60 bits per heavy atom. The van der Waals surface area contributed by atoms with Gasteiger partial charge in [0.25, 0.3) is 0 Å². The van der Waals surface area contributed by atoms with Crippen LogP contribution in [0.4, 0.5) is 4.79 Å². The minimum Gasteiger partial charge on any atom is -0.481 e. The van der Waals surface area contributed by atoms with Gasteiger partial charge in [0.15, 0.2) is 0 Å². The van der Waals surface area contributed by atoms with Gasteiger partial charge in [0.05, 0.1) is 5.75 Å². The van der Waals surface area contributed by atoms with Crippen molar-refractivity contribution in [3.8, 4) is 11.1 Å². The van der Waals surface area contributed by atoms with Gasteiger partial charge in [0.1, 0.15) is 6.61 Å². The van der Waals surface area contributed by atoms with E-state index in [9.17, 15) is 18.0 Å². The monoisotopic (exact) mass is 498 g/mol. The second-order valence-corrected chi connectivity index (χ2v) is 11.8. The van der Waals surface area contributed by atoms with Gasteiger partial charge in [-0.2, -0.15) is 0 Å². The van der Waals surface area contributed by atoms with Gasteiger partial charge in [-0.3, -0.25) is 4.79 Å². The highest BCUT2D eigenvalue weighted by Gasteiger charge is 2.49. The topological polar surface area (TPSA) is 104 Å². The highest BCUT2D eigenvalue weighted by molar-refractivity contribution is 7.89. The van der Waals surface area contributed by atoms with Crippen LogP contribution in [0.2, 0.25) is 0 Å². The summed E-state index contributed by atoms with van der Waals surface area (Å²) in [6.07, 6.45) is 1.07. The Kier molecular flexibility index (Phi) is 6.31. The summed E-state index contributed by atoms with van der Waals surface area (Å²) in [5.41, 5.74) is 4.30. The maximum absolute atomic E-state index is 12.9. The summed E-state index contributed by atoms with van der Waals surface area (Å²) >= 11 is 0. The Hall–Kier alpha value is -2.91. The molecule has 2 saturated heterocycles. The zero-order chi connectivity index (χ0) is 24.6. The van der Waals surface area contributed by atoms with Crippen LogP contribution in [-0.4, -0.2) is 73.3 Å². The van der Waals surface area contributed by atoms with Crippen molar-refractivity contribution in [3.05, 3.63) is 59.7 Å². The molecule has 9 heteroatoms. The van der Waals surface area contributed by atoms with E-state index in [0.717, 1.165) is 0 Å². The van der Waals surface area contributed by atoms with Crippen molar-refractivity contribution in [2.75, 3.05) is 38.5 Å². The number of sulfonamides is 1. The van der Waals surface area contributed by atoms with E-state index in [1.54, 1.807) is 4.90 Å². The summed E-state index contributed by atoms with van der Waals surface area (Å²) in [5.74, 6) is -0.861. The number of aliphatic carboxylic acids is 1. The molecule has 5 rings (SSSR count). The number of hydrogen-bond acceptors (Lipinski definition) is 5. The lowest BCUT2D eigenvalue weighted by atomic mass is 9.80. The van der Waals surface area contributed by atoms with E-state index in [0.29, 0.717) is 38.9 Å². The molecule has 8 nitrogen and oxygen atoms in total. The van der Waals surface area contributed by atoms with Crippen LogP contribution in [0.15, 0.2) is 48.5 Å². The fourth-order valence-electron chi connectivity index (χ4n) is 5.77. The van der Waals surface area contributed by atoms with Gasteiger partial charge in [-0.1, -0.05) is 48.5 Å². The van der Waals surface area contributed by atoms with Gasteiger partial charge >= 0.3 is 12.1 Å². The molecule has 0 unspecified atom stereocenters. The largest absolute Gasteiger partial charge is 0.481 e. The lowest BCUT2D eigenvalue weighted by Crippen LogP contribution is -2.45. The number of amides is 1. The molecule has 1 spiro atoms. The summed E-state index contributed by atoms with van der Waals surface area (Å²) in [6, 6.07) is 16.4. The number of ether oxygens (including phenoxy) is 1. The minimum atomic E-state index is -3.40. The number of carboxylic acids is 1. The van der Waals surface area contributed by atoms with Crippen LogP contribution in [0.5, 0.6) is 0 Å². The van der Waals surface area contributed by atoms with Crippen molar-refractivity contribution in [1.82, 2.24) is 9.21 Å². The lowest BCUT2D eigenvalue weighted by molar-refractivity contribution is -0.137. The summed E-state index contributed by atoms with van der Waals surface area (Å²) in [4.78, 5) is 25.3. The number of nitrogens with zero attached hydrogens (tertiary/aromatic N) is 2. The Balaban J connectivity index is 1.18. The molecule has 1 aliphatic carbocycles. The Morgan fingerprint density at radius 1 is 1.00 bits per heavy atom. The molecule has 0 radical (unpaired) electrons. The Labute approximate surface area is 205 Å². The number of likely N-dealkylation sites (tertiary alicyclic amines) is 1. The molecule has 0 bridgehead atoms. The quantitative estimate of drug-likeness (QED) is 0.654. The van der Waals surface area contributed by atoms with Crippen LogP contribution >= 0.6 is 0 Å². The van der Waals surface area contributed by atoms with Crippen molar-refractivity contribution in [2.24, 2.45) is 5.41 Å². The van der Waals surface area contributed by atoms with Gasteiger partial charge in [0.2, 0.25) is 10.0 Å². The second-order valence-electron chi connectivity index (χ2n) is 9.88. The average Bonchev–Trinajstić information content (AvgIpc) is 3.28. The van der Waals surface area contributed by atoms with Crippen LogP contribution in [0.25, 0.3) is 11.1 Å². The summed E-state index contributed by atoms with van der Waals surface area (Å²) in [5, 5.41) is 8.83. The molecule has 0 atom stereocenters. The lowest BCUT2D eigenvalue weighted by Gasteiger charge is -2.37. The fraction of sp³-hybridized carbons (Fsp3) is 0.462. The van der Waals surface area contributed by atoms with Gasteiger partial charge in [-0.05, 0) is 41.5 Å². The van der Waals surface area contributed by atoms with Gasteiger partial charge in [-0.15, -0.1) is 0 Å². The maximum atomic E-state index is 12.9. The maximum Gasteiger partial charge on any atom is 0.409 e. The van der Waals surface area contributed by atoms with Crippen LogP contribution in [0.1, 0.15) is 42.7 Å². The van der Waals surface area contributed by atoms with Crippen molar-refractivity contribution < 1.29 is 27.9 Å². The second kappa shape index (κ2) is 9.28. The minimum absolute atomic E-state index is 0.00168. The molecule has 1 amide bonds. The fourth-order valence-corrected chi connectivity index (χ4v) is 7.99. The first-order chi connectivity index (χ1) is 16.8. The number of rotatable bonds is 6. The van der Waals surface area contributed by atoms with E-state index in [-0.39, 0.29) is 42.8 Å². The van der Waals surface area contributed by atoms with Crippen molar-refractivity contribution in [3.63, 3.8) is 0 Å². The molecule has 2 aliphatic heterocycles. The van der Waals surface area contributed by atoms with Crippen LogP contribution in [0, 0.1) is 5.41 Å². The zero-order valence-corrected chi connectivity index (χ0v) is 20.4. The van der Waals surface area contributed by atoms with Crippen molar-refractivity contribution in [1.29, 1.82) is 0 Å². The number of carbonyl (C=O) groups excluding carboxylic acids is 1. The molecule has 35 heavy (non-hydrogen) atoms. The van der Waals surface area contributed by atoms with E-state index >= 15 is 0 Å². The first-order valence-electron chi connectivity index (χ1n) is 12.1. The van der Waals surface area contributed by atoms with Gasteiger partial charge < -0.3 is 14.7 Å². The predicted molar refractivity (Wildman–Crippen MR) is 131 cm³/mol. The summed E-state index contributed by atoms with van der Waals surface area (Å²) in [7, 11) is -3.40. The number of benzene rings is 2. The zero-order valence-electron chi connectivity index (χ0n) is 19.6. The van der Waals surface area contributed by atoms with E-state index in [2.05, 4.69) is 24.3 Å². The predicted octanol–water partition coefficient (Wildman–Crippen LogP) is 3.53. The molecule has 1 N–H and O–H groups in total. The number of carboxylic acid groups (broad SMARTS) is 1. The first kappa shape index (κ1) is 23.8. The third kappa shape index (κ3) is 4.67. The Bertz CT molecular complexity index is 1190. The number of fused-ring (bicyclic) bond motifs is 3. The van der Waals surface area contributed by atoms with E-state index in [1.807, 2.05) is 24.3 Å². The standard InChI is InChI=1S/C26H30N2O6S/c29-24(30)10-5-13-28-17-26(18-35(28,32)33)11-14-27(15-12-26)25(31)34-16-23-21-8-3-1-6-19(21)20-7-2-4-9-22(20)23/h1-4,6-9,23H,5,10-18H2,(H,29,30). The SMILES string of the molecule is O=C(O)CCCN1CC2(CCN(C(=O)OCC3c4ccccc4-c4ccccc43)CC2)CS1(=O)=O. The highest BCUT2D eigenvalue weighted by Crippen LogP contribution is 2.45. The van der Waals surface area contributed by atoms with E-state index < -0.39 is 16.0 Å². The third-order valence-electron chi connectivity index (χ3n) is 7.61. The summed E-state index contributed by atoms with van der Waals surface area (Å²) in [6.45, 7) is 1.80. The molecule has 2 aromatic rings. The number of carbonyl (C=O) groups is 2. The van der Waals surface area contributed by atoms with Crippen LogP contribution in [-0.2, 0) is 19.6 Å². The average molecular weight is 499 g/mol. The van der Waals surface area contributed by atoms with Gasteiger partial charge in [-0.25, -0.2) is 17.5 Å². The van der Waals surface area contributed by atoms with E-state index in [4.69, 9.17) is 9.84 Å². The summed E-state index contributed by atoms with van der Waals surface area (Å²) < 4.78 is 32.5. The molecule has 2 aromatic carbocycles. The van der Waals surface area contributed by atoms with Crippen molar-refractivity contribution >= 4 is 22.1 Å². The molecule has 186 valence electrons. The number of hydrogen-bond donors (Lipinski definition) is 1. The smallest absolute Gasteiger partial charge is 0.409 e. The van der Waals surface area contributed by atoms with Gasteiger partial charge in [0, 0.05) is 43.9 Å². The Morgan fingerprint density at radius 3 is 2.20 bits per heavy atom. The van der Waals surface area contributed by atoms with E-state index in [1.165, 1.54) is 26.6 Å². The van der Waals surface area contributed by atoms with Crippen molar-refractivity contribution in [2.45, 2.75) is 31.6 Å². The third-order valence-corrected chi connectivity index (χ3v) is 9.69. The molecular weight excluding hydrogens is 468 g/mol. The molecule has 0 aromatic heterocycles.